The molecule has 0 aliphatic carbocycles. The number of hydrogen-bond donors (Lipinski definition) is 2. The van der Waals surface area contributed by atoms with Gasteiger partial charge in [-0.05, 0) is 36.2 Å². The summed E-state index contributed by atoms with van der Waals surface area (Å²) >= 11 is 0. The van der Waals surface area contributed by atoms with Gasteiger partial charge >= 0.3 is 0 Å². The number of carbonyl (C=O) groups is 3. The lowest BCUT2D eigenvalue weighted by Gasteiger charge is -2.29. The fraction of sp³-hybridized carbons (Fsp3) is 0.227. The highest BCUT2D eigenvalue weighted by molar-refractivity contribution is 6.05. The average Bonchev–Trinajstić information content (AvgIpc) is 3.28. The third kappa shape index (κ3) is 3.05. The number of nitrogen functional groups attached to an aromatic ring is 1. The molecule has 1 saturated heterocycles. The van der Waals surface area contributed by atoms with Crippen LogP contribution in [0.15, 0.2) is 42.9 Å². The summed E-state index contributed by atoms with van der Waals surface area (Å²) in [7, 11) is 1.89. The Morgan fingerprint density at radius 1 is 1.13 bits per heavy atom. The number of aryl methyl sites for hydroxylation is 1. The number of carbonyl (C=O) groups excluding carboxylic acids is 3. The fourth-order valence-electron chi connectivity index (χ4n) is 4.30. The molecule has 156 valence electrons. The minimum Gasteiger partial charge on any atom is -0.383 e. The predicted molar refractivity (Wildman–Crippen MR) is 112 cm³/mol. The van der Waals surface area contributed by atoms with E-state index in [0.29, 0.717) is 24.3 Å². The van der Waals surface area contributed by atoms with Crippen LogP contribution in [0.5, 0.6) is 0 Å². The third-order valence-electron chi connectivity index (χ3n) is 5.83. The highest BCUT2D eigenvalue weighted by Gasteiger charge is 2.39. The summed E-state index contributed by atoms with van der Waals surface area (Å²) < 4.78 is 1.89. The summed E-state index contributed by atoms with van der Waals surface area (Å²) in [6.45, 7) is 0.311. The van der Waals surface area contributed by atoms with Crippen LogP contribution in [0.4, 0.5) is 5.82 Å². The molecule has 0 unspecified atom stereocenters. The minimum absolute atomic E-state index is 0.200. The van der Waals surface area contributed by atoms with E-state index in [1.807, 2.05) is 35.9 Å². The Bertz CT molecular complexity index is 1250. The maximum atomic E-state index is 12.9. The van der Waals surface area contributed by atoms with Gasteiger partial charge in [-0.25, -0.2) is 9.97 Å². The second kappa shape index (κ2) is 7.05. The van der Waals surface area contributed by atoms with Crippen molar-refractivity contribution in [3.63, 3.8) is 0 Å². The van der Waals surface area contributed by atoms with Crippen LogP contribution in [0.2, 0.25) is 0 Å². The van der Waals surface area contributed by atoms with E-state index in [9.17, 15) is 14.4 Å². The molecule has 0 spiro atoms. The Balaban J connectivity index is 1.51. The molecule has 2 aromatic heterocycles. The molecule has 1 aromatic carbocycles. The first-order valence-electron chi connectivity index (χ1n) is 9.94. The number of aromatic nitrogens is 3. The molecule has 0 bridgehead atoms. The molecule has 4 heterocycles. The lowest BCUT2D eigenvalue weighted by molar-refractivity contribution is -0.136. The highest BCUT2D eigenvalue weighted by Crippen LogP contribution is 2.36. The first-order valence-corrected chi connectivity index (χ1v) is 9.94. The van der Waals surface area contributed by atoms with Gasteiger partial charge in [-0.2, -0.15) is 0 Å². The predicted octanol–water partition coefficient (Wildman–Crippen LogP) is 1.49. The number of imidazole rings is 1. The zero-order valence-corrected chi connectivity index (χ0v) is 16.8. The van der Waals surface area contributed by atoms with Crippen LogP contribution in [0.25, 0.3) is 22.5 Å². The third-order valence-corrected chi connectivity index (χ3v) is 5.83. The van der Waals surface area contributed by atoms with Gasteiger partial charge in [0.25, 0.3) is 5.91 Å². The summed E-state index contributed by atoms with van der Waals surface area (Å²) in [6.07, 6.45) is 3.91. The molecule has 3 N–H and O–H groups in total. The number of nitrogens with one attached hydrogen (secondary N) is 1. The van der Waals surface area contributed by atoms with Crippen LogP contribution in [0.1, 0.15) is 28.8 Å². The Hall–Kier alpha value is -4.01. The fourth-order valence-corrected chi connectivity index (χ4v) is 4.30. The Kier molecular flexibility index (Phi) is 4.32. The van der Waals surface area contributed by atoms with Crippen molar-refractivity contribution in [1.29, 1.82) is 0 Å². The number of fused-ring (bicyclic) bond motifs is 1. The van der Waals surface area contributed by atoms with Crippen LogP contribution in [0, 0.1) is 0 Å². The molecule has 0 radical (unpaired) electrons. The van der Waals surface area contributed by atoms with E-state index < -0.39 is 11.9 Å². The van der Waals surface area contributed by atoms with Crippen molar-refractivity contribution >= 4 is 23.5 Å². The van der Waals surface area contributed by atoms with Crippen molar-refractivity contribution in [3.8, 4) is 22.5 Å². The number of rotatable bonds is 3. The van der Waals surface area contributed by atoms with E-state index in [2.05, 4.69) is 15.3 Å². The molecule has 0 saturated carbocycles. The largest absolute Gasteiger partial charge is 0.383 e. The van der Waals surface area contributed by atoms with Gasteiger partial charge in [0, 0.05) is 42.9 Å². The lowest BCUT2D eigenvalue weighted by atomic mass is 10.0. The van der Waals surface area contributed by atoms with Crippen LogP contribution in [-0.2, 0) is 23.2 Å². The van der Waals surface area contributed by atoms with Crippen LogP contribution < -0.4 is 11.1 Å². The van der Waals surface area contributed by atoms with Crippen LogP contribution in [-0.4, -0.2) is 43.2 Å². The maximum absolute atomic E-state index is 12.9. The van der Waals surface area contributed by atoms with Gasteiger partial charge in [0.1, 0.15) is 11.9 Å². The molecule has 1 fully saturated rings. The summed E-state index contributed by atoms with van der Waals surface area (Å²) in [5.74, 6) is -0.511. The molecular formula is C22H20N6O3. The van der Waals surface area contributed by atoms with Crippen molar-refractivity contribution in [1.82, 2.24) is 24.8 Å². The van der Waals surface area contributed by atoms with Crippen molar-refractivity contribution in [2.24, 2.45) is 7.05 Å². The summed E-state index contributed by atoms with van der Waals surface area (Å²) in [5, 5.41) is 2.32. The van der Waals surface area contributed by atoms with Crippen LogP contribution >= 0.6 is 0 Å². The van der Waals surface area contributed by atoms with Gasteiger partial charge in [-0.3, -0.25) is 19.7 Å². The van der Waals surface area contributed by atoms with Crippen molar-refractivity contribution in [2.75, 3.05) is 5.73 Å². The van der Waals surface area contributed by atoms with Gasteiger partial charge in [-0.15, -0.1) is 0 Å². The highest BCUT2D eigenvalue weighted by atomic mass is 16.2. The molecule has 9 heteroatoms. The van der Waals surface area contributed by atoms with Crippen LogP contribution in [0.3, 0.4) is 0 Å². The zero-order valence-electron chi connectivity index (χ0n) is 16.8. The molecular weight excluding hydrogens is 396 g/mol. The molecule has 3 amide bonds. The maximum Gasteiger partial charge on any atom is 0.255 e. The van der Waals surface area contributed by atoms with Gasteiger partial charge in [0.05, 0.1) is 17.7 Å². The van der Waals surface area contributed by atoms with E-state index in [4.69, 9.17) is 5.73 Å². The normalized spacial score (nSPS) is 18.3. The number of hydrogen-bond acceptors (Lipinski definition) is 6. The van der Waals surface area contributed by atoms with Gasteiger partial charge in [0.15, 0.2) is 0 Å². The number of benzene rings is 1. The van der Waals surface area contributed by atoms with E-state index in [1.165, 1.54) is 4.90 Å². The van der Waals surface area contributed by atoms with Gasteiger partial charge in [0.2, 0.25) is 11.8 Å². The van der Waals surface area contributed by atoms with Crippen molar-refractivity contribution < 1.29 is 14.4 Å². The zero-order chi connectivity index (χ0) is 21.7. The smallest absolute Gasteiger partial charge is 0.255 e. The summed E-state index contributed by atoms with van der Waals surface area (Å²) in [4.78, 5) is 46.9. The molecule has 31 heavy (non-hydrogen) atoms. The molecule has 3 aromatic rings. The second-order valence-corrected chi connectivity index (χ2v) is 7.76. The summed E-state index contributed by atoms with van der Waals surface area (Å²) in [5.41, 5.74) is 10.7. The number of piperidine rings is 1. The monoisotopic (exact) mass is 416 g/mol. The molecule has 2 aliphatic rings. The minimum atomic E-state index is -0.637. The topological polar surface area (TPSA) is 123 Å². The quantitative estimate of drug-likeness (QED) is 0.624. The SMILES string of the molecule is Cn1cnc(-c2ccc3c(c2)CN([C@H]2CCC(=O)NC2=O)C3=O)c1-c1cccnc1N. The molecule has 5 rings (SSSR count). The number of anilines is 1. The number of imide groups is 1. The van der Waals surface area contributed by atoms with E-state index in [1.54, 1.807) is 18.6 Å². The summed E-state index contributed by atoms with van der Waals surface area (Å²) in [6, 6.07) is 8.62. The number of amides is 3. The van der Waals surface area contributed by atoms with E-state index >= 15 is 0 Å². The second-order valence-electron chi connectivity index (χ2n) is 7.76. The standard InChI is InChI=1S/C22H20N6O3/c1-27-11-25-18(19(27)15-3-2-8-24-20(15)23)12-4-5-14-13(9-12)10-28(22(14)31)16-6-7-17(29)26-21(16)30/h2-5,8-9,11,16H,6-7,10H2,1H3,(H2,23,24)(H,26,29,30)/t16-/m0/s1. The first kappa shape index (κ1) is 19.0. The van der Waals surface area contributed by atoms with E-state index in [-0.39, 0.29) is 18.2 Å². The number of pyridine rings is 1. The Labute approximate surface area is 177 Å². The molecule has 9 nitrogen and oxygen atoms in total. The van der Waals surface area contributed by atoms with Crippen molar-refractivity contribution in [3.05, 3.63) is 54.0 Å². The molecule has 2 aliphatic heterocycles. The van der Waals surface area contributed by atoms with Gasteiger partial charge in [-0.1, -0.05) is 6.07 Å². The van der Waals surface area contributed by atoms with Gasteiger partial charge < -0.3 is 15.2 Å². The molecule has 1 atom stereocenters. The lowest BCUT2D eigenvalue weighted by Crippen LogP contribution is -2.52. The van der Waals surface area contributed by atoms with E-state index in [0.717, 1.165) is 28.1 Å². The average molecular weight is 416 g/mol. The Morgan fingerprint density at radius 3 is 2.74 bits per heavy atom. The Morgan fingerprint density at radius 2 is 1.97 bits per heavy atom. The number of nitrogens with zero attached hydrogens (tertiary/aromatic N) is 4. The number of nitrogens with two attached hydrogens (primary N) is 1. The van der Waals surface area contributed by atoms with Crippen molar-refractivity contribution in [2.45, 2.75) is 25.4 Å². The first-order chi connectivity index (χ1) is 14.9.